The van der Waals surface area contributed by atoms with Gasteiger partial charge in [-0.15, -0.1) is 0 Å². The van der Waals surface area contributed by atoms with Crippen LogP contribution in [0.25, 0.3) is 0 Å². The van der Waals surface area contributed by atoms with Crippen molar-refractivity contribution in [3.63, 3.8) is 0 Å². The Morgan fingerprint density at radius 3 is 1.11 bits per heavy atom. The number of hydrogen-bond acceptors (Lipinski definition) is 5. The molecule has 0 spiro atoms. The zero-order valence-electron chi connectivity index (χ0n) is 18.6. The summed E-state index contributed by atoms with van der Waals surface area (Å²) < 4.78 is 6.35. The smallest absolute Gasteiger partial charge is 0.427 e. The summed E-state index contributed by atoms with van der Waals surface area (Å²) in [5.74, 6) is 0. The van der Waals surface area contributed by atoms with Crippen LogP contribution < -0.4 is 0 Å². The van der Waals surface area contributed by atoms with Gasteiger partial charge in [0.05, 0.1) is 12.2 Å². The van der Waals surface area contributed by atoms with Gasteiger partial charge in [0.2, 0.25) is 0 Å². The van der Waals surface area contributed by atoms with Gasteiger partial charge in [-0.05, 0) is 38.5 Å². The van der Waals surface area contributed by atoms with Gasteiger partial charge in [-0.1, -0.05) is 67.2 Å². The molecule has 2 unspecified atom stereocenters. The Labute approximate surface area is 168 Å². The van der Waals surface area contributed by atoms with Gasteiger partial charge in [0.1, 0.15) is 0 Å². The van der Waals surface area contributed by atoms with Crippen LogP contribution in [0.15, 0.2) is 0 Å². The Morgan fingerprint density at radius 1 is 0.630 bits per heavy atom. The highest BCUT2D eigenvalue weighted by Crippen LogP contribution is 2.43. The molecule has 0 aromatic heterocycles. The molecule has 0 fully saturated rings. The summed E-state index contributed by atoms with van der Waals surface area (Å²) in [5.41, 5.74) is 0. The average Bonchev–Trinajstić information content (AvgIpc) is 2.67. The third kappa shape index (κ3) is 7.69. The molecule has 0 rings (SSSR count). The van der Waals surface area contributed by atoms with Crippen molar-refractivity contribution in [2.45, 2.75) is 129 Å². The van der Waals surface area contributed by atoms with Crippen LogP contribution in [-0.2, 0) is 4.74 Å². The first kappa shape index (κ1) is 26.9. The maximum absolute atomic E-state index is 9.82. The molecule has 0 heterocycles. The molecule has 0 bridgehead atoms. The van der Waals surface area contributed by atoms with E-state index in [-0.39, 0.29) is 12.2 Å². The fourth-order valence-electron chi connectivity index (χ4n) is 4.10. The van der Waals surface area contributed by atoms with Crippen molar-refractivity contribution in [3.8, 4) is 0 Å². The monoisotopic (exact) mass is 386 g/mol. The predicted molar refractivity (Wildman–Crippen MR) is 115 cm³/mol. The van der Waals surface area contributed by atoms with E-state index in [1.165, 1.54) is 0 Å². The van der Waals surface area contributed by atoms with E-state index >= 15 is 0 Å². The molecule has 2 atom stereocenters. The number of ether oxygens (including phenoxy) is 1. The Balaban J connectivity index is 4.85. The van der Waals surface area contributed by atoms with Gasteiger partial charge in [0.15, 0.2) is 0 Å². The zero-order valence-corrected chi connectivity index (χ0v) is 18.6. The largest absolute Gasteiger partial charge is 0.458 e. The minimum Gasteiger partial charge on any atom is -0.427 e. The van der Waals surface area contributed by atoms with Crippen molar-refractivity contribution in [2.24, 2.45) is 0 Å². The van der Waals surface area contributed by atoms with Crippen molar-refractivity contribution >= 4 is 14.2 Å². The topological polar surface area (TPSA) is 90.2 Å². The van der Waals surface area contributed by atoms with Crippen molar-refractivity contribution in [1.82, 2.24) is 0 Å². The van der Waals surface area contributed by atoms with E-state index in [1.54, 1.807) is 0 Å². The molecular formula is C20H44B2O5. The van der Waals surface area contributed by atoms with Crippen LogP contribution in [0, 0.1) is 0 Å². The molecule has 0 saturated carbocycles. The van der Waals surface area contributed by atoms with E-state index in [0.29, 0.717) is 0 Å². The lowest BCUT2D eigenvalue weighted by atomic mass is 9.52. The lowest BCUT2D eigenvalue weighted by Gasteiger charge is -2.34. The minimum absolute atomic E-state index is 0.0860. The summed E-state index contributed by atoms with van der Waals surface area (Å²) in [6.07, 6.45) is 7.96. The molecule has 0 radical (unpaired) electrons. The first-order chi connectivity index (χ1) is 12.7. The molecule has 5 nitrogen and oxygen atoms in total. The van der Waals surface area contributed by atoms with Gasteiger partial charge < -0.3 is 24.8 Å². The lowest BCUT2D eigenvalue weighted by molar-refractivity contribution is -0.0293. The fraction of sp³-hybridized carbons (Fsp3) is 1.00. The predicted octanol–water partition coefficient (Wildman–Crippen LogP) is 4.19. The normalized spacial score (nSPS) is 14.9. The Hall–Kier alpha value is -0.0701. The van der Waals surface area contributed by atoms with Crippen LogP contribution in [-0.4, -0.2) is 46.5 Å². The number of rotatable bonds is 16. The first-order valence-corrected chi connectivity index (χ1v) is 11.1. The standard InChI is InChI=1S/C20H44B2O5/c1-7-17(13-15-19(9-3,10-4)21(23)24)27-18(8-2)14-16-20(11-5,12-6)22(25)26/h17-18,23-26H,7-16H2,1-6H3. The first-order valence-electron chi connectivity index (χ1n) is 11.1. The minimum atomic E-state index is -1.30. The van der Waals surface area contributed by atoms with Crippen LogP contribution in [0.3, 0.4) is 0 Å². The van der Waals surface area contributed by atoms with Crippen LogP contribution >= 0.6 is 0 Å². The van der Waals surface area contributed by atoms with Gasteiger partial charge in [0, 0.05) is 10.6 Å². The highest BCUT2D eigenvalue weighted by Gasteiger charge is 2.40. The molecule has 0 aliphatic carbocycles. The summed E-state index contributed by atoms with van der Waals surface area (Å²) >= 11 is 0. The summed E-state index contributed by atoms with van der Waals surface area (Å²) in [7, 11) is -2.60. The second-order valence-electron chi connectivity index (χ2n) is 8.16. The molecule has 0 amide bonds. The van der Waals surface area contributed by atoms with Crippen LogP contribution in [0.1, 0.15) is 106 Å². The molecule has 0 aliphatic heterocycles. The third-order valence-electron chi connectivity index (χ3n) is 7.14. The highest BCUT2D eigenvalue weighted by atomic mass is 16.5. The highest BCUT2D eigenvalue weighted by molar-refractivity contribution is 6.45. The number of hydrogen-bond donors (Lipinski definition) is 4. The molecule has 4 N–H and O–H groups in total. The van der Waals surface area contributed by atoms with E-state index in [0.717, 1.165) is 64.2 Å². The second kappa shape index (κ2) is 13.2. The molecular weight excluding hydrogens is 342 g/mol. The summed E-state index contributed by atoms with van der Waals surface area (Å²) in [6.45, 7) is 12.2. The van der Waals surface area contributed by atoms with Gasteiger partial charge in [-0.25, -0.2) is 0 Å². The van der Waals surface area contributed by atoms with Crippen LogP contribution in [0.2, 0.25) is 10.6 Å². The summed E-state index contributed by atoms with van der Waals surface area (Å²) in [5, 5.41) is 38.4. The average molecular weight is 386 g/mol. The van der Waals surface area contributed by atoms with E-state index in [4.69, 9.17) is 4.74 Å². The van der Waals surface area contributed by atoms with Gasteiger partial charge in [-0.2, -0.15) is 0 Å². The second-order valence-corrected chi connectivity index (χ2v) is 8.16. The fourth-order valence-corrected chi connectivity index (χ4v) is 4.10. The molecule has 160 valence electrons. The summed E-state index contributed by atoms with van der Waals surface area (Å²) in [6, 6.07) is 0. The Bertz CT molecular complexity index is 337. The maximum atomic E-state index is 9.82. The molecule has 0 aliphatic rings. The van der Waals surface area contributed by atoms with Crippen molar-refractivity contribution in [1.29, 1.82) is 0 Å². The summed E-state index contributed by atoms with van der Waals surface area (Å²) in [4.78, 5) is 0. The van der Waals surface area contributed by atoms with Gasteiger partial charge >= 0.3 is 14.2 Å². The van der Waals surface area contributed by atoms with Crippen molar-refractivity contribution in [3.05, 3.63) is 0 Å². The van der Waals surface area contributed by atoms with E-state index in [2.05, 4.69) is 13.8 Å². The van der Waals surface area contributed by atoms with E-state index in [9.17, 15) is 20.1 Å². The molecule has 7 heteroatoms. The SMILES string of the molecule is CCC(CCC(CC)(CC)B(O)O)OC(CC)CCC(CC)(CC)B(O)O. The van der Waals surface area contributed by atoms with Crippen molar-refractivity contribution in [2.75, 3.05) is 0 Å². The van der Waals surface area contributed by atoms with E-state index < -0.39 is 24.9 Å². The van der Waals surface area contributed by atoms with Crippen LogP contribution in [0.5, 0.6) is 0 Å². The quantitative estimate of drug-likeness (QED) is 0.299. The molecule has 0 aromatic carbocycles. The van der Waals surface area contributed by atoms with Crippen LogP contribution in [0.4, 0.5) is 0 Å². The van der Waals surface area contributed by atoms with E-state index in [1.807, 2.05) is 27.7 Å². The lowest BCUT2D eigenvalue weighted by Crippen LogP contribution is -2.35. The van der Waals surface area contributed by atoms with Gasteiger partial charge in [-0.3, -0.25) is 0 Å². The third-order valence-corrected chi connectivity index (χ3v) is 7.14. The van der Waals surface area contributed by atoms with Crippen molar-refractivity contribution < 1.29 is 24.8 Å². The maximum Gasteiger partial charge on any atom is 0.458 e. The molecule has 0 saturated heterocycles. The molecule has 0 aromatic rings. The zero-order chi connectivity index (χ0) is 21.1. The van der Waals surface area contributed by atoms with Gasteiger partial charge in [0.25, 0.3) is 0 Å². The Morgan fingerprint density at radius 2 is 0.926 bits per heavy atom. The molecule has 27 heavy (non-hydrogen) atoms. The Kier molecular flexibility index (Phi) is 13.2.